The summed E-state index contributed by atoms with van der Waals surface area (Å²) in [5.74, 6) is -2.09. The Kier molecular flexibility index (Phi) is 4.14. The zero-order chi connectivity index (χ0) is 14.0. The molecule has 1 aromatic heterocycles. The first kappa shape index (κ1) is 14.3. The van der Waals surface area contributed by atoms with Crippen molar-refractivity contribution in [3.8, 4) is 0 Å². The lowest BCUT2D eigenvalue weighted by molar-refractivity contribution is -0.172. The predicted octanol–water partition coefficient (Wildman–Crippen LogP) is 2.11. The van der Waals surface area contributed by atoms with Crippen molar-refractivity contribution in [1.82, 2.24) is 10.1 Å². The van der Waals surface area contributed by atoms with E-state index in [0.717, 1.165) is 12.7 Å². The Hall–Kier alpha value is -1.09. The lowest BCUT2D eigenvalue weighted by Crippen LogP contribution is -2.27. The summed E-state index contributed by atoms with van der Waals surface area (Å²) >= 11 is 1.63. The Morgan fingerprint density at radius 1 is 1.53 bits per heavy atom. The number of carbonyl (C=O) groups is 1. The topological polar surface area (TPSA) is 65.2 Å². The second kappa shape index (κ2) is 5.49. The van der Waals surface area contributed by atoms with E-state index in [0.29, 0.717) is 12.4 Å². The van der Waals surface area contributed by atoms with Gasteiger partial charge in [-0.2, -0.15) is 29.9 Å². The quantitative estimate of drug-likeness (QED) is 0.851. The van der Waals surface area contributed by atoms with Gasteiger partial charge in [-0.1, -0.05) is 5.16 Å². The average molecular weight is 296 g/mol. The molecule has 0 bridgehead atoms. The highest BCUT2D eigenvalue weighted by molar-refractivity contribution is 7.99. The molecule has 2 unspecified atom stereocenters. The van der Waals surface area contributed by atoms with Crippen LogP contribution < -0.4 is 0 Å². The maximum Gasteiger partial charge on any atom is 0.450 e. The summed E-state index contributed by atoms with van der Waals surface area (Å²) in [7, 11) is 0. The number of rotatable bonds is 3. The summed E-state index contributed by atoms with van der Waals surface area (Å²) in [4.78, 5) is 14.9. The number of hydrogen-bond acceptors (Lipinski definition) is 6. The number of ether oxygens (including phenoxy) is 1. The van der Waals surface area contributed by atoms with E-state index < -0.39 is 24.0 Å². The third kappa shape index (κ3) is 3.27. The van der Waals surface area contributed by atoms with E-state index in [1.54, 1.807) is 11.8 Å². The third-order valence-electron chi connectivity index (χ3n) is 2.60. The Morgan fingerprint density at radius 2 is 2.26 bits per heavy atom. The minimum absolute atomic E-state index is 0.184. The second-order valence-corrected chi connectivity index (χ2v) is 5.16. The van der Waals surface area contributed by atoms with Crippen LogP contribution in [-0.2, 0) is 9.53 Å². The SMILES string of the molecule is CC(C(=O)C(F)(F)F)c1nc(C2CSCCO2)no1. The van der Waals surface area contributed by atoms with Crippen LogP contribution >= 0.6 is 11.8 Å². The standard InChI is InChI=1S/C10H11F3N2O3S/c1-5(7(16)10(11,12)13)9-14-8(15-18-9)6-4-19-3-2-17-6/h5-6H,2-4H2,1H3. The summed E-state index contributed by atoms with van der Waals surface area (Å²) in [5.41, 5.74) is 0. The monoisotopic (exact) mass is 296 g/mol. The summed E-state index contributed by atoms with van der Waals surface area (Å²) in [6.45, 7) is 1.61. The van der Waals surface area contributed by atoms with Crippen LogP contribution in [0, 0.1) is 0 Å². The van der Waals surface area contributed by atoms with Crippen LogP contribution in [0.1, 0.15) is 30.7 Å². The molecule has 2 atom stereocenters. The molecule has 106 valence electrons. The molecule has 2 heterocycles. The lowest BCUT2D eigenvalue weighted by atomic mass is 10.1. The van der Waals surface area contributed by atoms with E-state index in [-0.39, 0.29) is 11.7 Å². The zero-order valence-electron chi connectivity index (χ0n) is 9.94. The van der Waals surface area contributed by atoms with Gasteiger partial charge in [0.25, 0.3) is 0 Å². The number of nitrogens with zero attached hydrogens (tertiary/aromatic N) is 2. The van der Waals surface area contributed by atoms with Crippen molar-refractivity contribution >= 4 is 17.5 Å². The van der Waals surface area contributed by atoms with Crippen LogP contribution in [0.15, 0.2) is 4.52 Å². The van der Waals surface area contributed by atoms with E-state index in [1.807, 2.05) is 0 Å². The van der Waals surface area contributed by atoms with Gasteiger partial charge >= 0.3 is 6.18 Å². The Morgan fingerprint density at radius 3 is 2.84 bits per heavy atom. The van der Waals surface area contributed by atoms with Crippen molar-refractivity contribution in [2.45, 2.75) is 25.1 Å². The molecule has 19 heavy (non-hydrogen) atoms. The normalized spacial score (nSPS) is 22.2. The van der Waals surface area contributed by atoms with Gasteiger partial charge < -0.3 is 9.26 Å². The van der Waals surface area contributed by atoms with E-state index in [4.69, 9.17) is 9.26 Å². The fourth-order valence-corrected chi connectivity index (χ4v) is 2.39. The number of Topliss-reactive ketones (excluding diaryl/α,β-unsaturated/α-hetero) is 1. The fraction of sp³-hybridized carbons (Fsp3) is 0.700. The first-order chi connectivity index (χ1) is 8.89. The molecule has 0 aliphatic carbocycles. The molecule has 0 saturated carbocycles. The van der Waals surface area contributed by atoms with E-state index in [2.05, 4.69) is 10.1 Å². The minimum atomic E-state index is -4.91. The van der Waals surface area contributed by atoms with E-state index in [1.165, 1.54) is 0 Å². The number of hydrogen-bond donors (Lipinski definition) is 0. The lowest BCUT2D eigenvalue weighted by Gasteiger charge is -2.18. The van der Waals surface area contributed by atoms with Crippen molar-refractivity contribution in [3.05, 3.63) is 11.7 Å². The van der Waals surface area contributed by atoms with Gasteiger partial charge in [0, 0.05) is 11.5 Å². The van der Waals surface area contributed by atoms with Crippen LogP contribution in [0.25, 0.3) is 0 Å². The molecule has 2 rings (SSSR count). The largest absolute Gasteiger partial charge is 0.450 e. The van der Waals surface area contributed by atoms with Crippen molar-refractivity contribution in [2.24, 2.45) is 0 Å². The molecule has 0 amide bonds. The van der Waals surface area contributed by atoms with Crippen LogP contribution in [0.4, 0.5) is 13.2 Å². The van der Waals surface area contributed by atoms with Gasteiger partial charge in [0.2, 0.25) is 17.5 Å². The van der Waals surface area contributed by atoms with Crippen LogP contribution in [0.5, 0.6) is 0 Å². The summed E-state index contributed by atoms with van der Waals surface area (Å²) < 4.78 is 46.9. The second-order valence-electron chi connectivity index (χ2n) is 4.01. The number of carbonyl (C=O) groups excluding carboxylic acids is 1. The van der Waals surface area contributed by atoms with Crippen molar-refractivity contribution in [1.29, 1.82) is 0 Å². The molecule has 0 N–H and O–H groups in total. The zero-order valence-corrected chi connectivity index (χ0v) is 10.8. The molecule has 1 aliphatic rings. The van der Waals surface area contributed by atoms with Crippen LogP contribution in [-0.4, -0.2) is 40.2 Å². The molecule has 0 aromatic carbocycles. The van der Waals surface area contributed by atoms with E-state index in [9.17, 15) is 18.0 Å². The van der Waals surface area contributed by atoms with Gasteiger partial charge in [-0.25, -0.2) is 0 Å². The molecular weight excluding hydrogens is 285 g/mol. The van der Waals surface area contributed by atoms with Crippen molar-refractivity contribution in [2.75, 3.05) is 18.1 Å². The Bertz CT molecular complexity index is 457. The van der Waals surface area contributed by atoms with Crippen molar-refractivity contribution < 1.29 is 27.2 Å². The van der Waals surface area contributed by atoms with Gasteiger partial charge in [0.15, 0.2) is 0 Å². The van der Waals surface area contributed by atoms with Gasteiger partial charge in [0.05, 0.1) is 6.61 Å². The number of ketones is 1. The van der Waals surface area contributed by atoms with Gasteiger partial charge in [-0.15, -0.1) is 0 Å². The summed E-state index contributed by atoms with van der Waals surface area (Å²) in [6.07, 6.45) is -5.31. The number of halogens is 3. The predicted molar refractivity (Wildman–Crippen MR) is 59.8 cm³/mol. The first-order valence-electron chi connectivity index (χ1n) is 5.53. The average Bonchev–Trinajstić information content (AvgIpc) is 2.86. The smallest absolute Gasteiger partial charge is 0.368 e. The highest BCUT2D eigenvalue weighted by atomic mass is 32.2. The van der Waals surface area contributed by atoms with E-state index >= 15 is 0 Å². The fourth-order valence-electron chi connectivity index (χ4n) is 1.55. The third-order valence-corrected chi connectivity index (χ3v) is 3.60. The summed E-state index contributed by atoms with van der Waals surface area (Å²) in [5, 5.41) is 3.58. The maximum absolute atomic E-state index is 12.3. The molecule has 5 nitrogen and oxygen atoms in total. The molecule has 1 fully saturated rings. The van der Waals surface area contributed by atoms with Crippen LogP contribution in [0.3, 0.4) is 0 Å². The van der Waals surface area contributed by atoms with Gasteiger partial charge in [-0.3, -0.25) is 4.79 Å². The molecule has 1 aromatic rings. The molecule has 1 saturated heterocycles. The number of thioether (sulfide) groups is 1. The highest BCUT2D eigenvalue weighted by Gasteiger charge is 2.44. The van der Waals surface area contributed by atoms with Crippen molar-refractivity contribution in [3.63, 3.8) is 0 Å². The first-order valence-corrected chi connectivity index (χ1v) is 6.69. The molecule has 1 aliphatic heterocycles. The Labute approximate surface area is 110 Å². The number of alkyl halides is 3. The van der Waals surface area contributed by atoms with Gasteiger partial charge in [0.1, 0.15) is 12.0 Å². The van der Waals surface area contributed by atoms with Gasteiger partial charge in [-0.05, 0) is 6.92 Å². The maximum atomic E-state index is 12.3. The van der Waals surface area contributed by atoms with Crippen LogP contribution in [0.2, 0.25) is 0 Å². The minimum Gasteiger partial charge on any atom is -0.368 e. The molecule has 0 radical (unpaired) electrons. The molecule has 0 spiro atoms. The molecular formula is C10H11F3N2O3S. The number of aromatic nitrogens is 2. The highest BCUT2D eigenvalue weighted by Crippen LogP contribution is 2.29. The molecule has 9 heteroatoms. The summed E-state index contributed by atoms with van der Waals surface area (Å²) in [6, 6.07) is 0. The Balaban J connectivity index is 2.10.